The minimum atomic E-state index is -0.0676. The quantitative estimate of drug-likeness (QED) is 0.720. The molecule has 0 spiro atoms. The third kappa shape index (κ3) is 3.77. The summed E-state index contributed by atoms with van der Waals surface area (Å²) in [4.78, 5) is 11.5. The molecule has 0 aliphatic heterocycles. The average Bonchev–Trinajstić information content (AvgIpc) is 2.34. The number of hydrogen-bond donors (Lipinski definition) is 2. The predicted octanol–water partition coefficient (Wildman–Crippen LogP) is 2.42. The molecule has 0 aliphatic carbocycles. The third-order valence-electron chi connectivity index (χ3n) is 2.13. The van der Waals surface area contributed by atoms with Crippen LogP contribution < -0.4 is 10.6 Å². The van der Waals surface area contributed by atoms with Gasteiger partial charge in [0.25, 0.3) is 5.91 Å². The number of benzene rings is 1. The van der Waals surface area contributed by atoms with E-state index < -0.39 is 0 Å². The van der Waals surface area contributed by atoms with E-state index in [0.29, 0.717) is 12.1 Å². The maximum atomic E-state index is 11.5. The fourth-order valence-corrected chi connectivity index (χ4v) is 1.28. The first-order valence-corrected chi connectivity index (χ1v) is 5.51. The van der Waals surface area contributed by atoms with Crippen LogP contribution in [0.15, 0.2) is 36.9 Å². The number of anilines is 1. The van der Waals surface area contributed by atoms with E-state index >= 15 is 0 Å². The number of carbonyl (C=O) groups excluding carboxylic acids is 1. The van der Waals surface area contributed by atoms with E-state index in [1.165, 1.54) is 0 Å². The minimum Gasteiger partial charge on any atom is -0.385 e. The molecular weight excluding hydrogens is 200 g/mol. The van der Waals surface area contributed by atoms with Gasteiger partial charge in [-0.2, -0.15) is 0 Å². The molecule has 1 aromatic rings. The van der Waals surface area contributed by atoms with Crippen molar-refractivity contribution in [3.63, 3.8) is 0 Å². The van der Waals surface area contributed by atoms with Gasteiger partial charge >= 0.3 is 0 Å². The predicted molar refractivity (Wildman–Crippen MR) is 67.8 cm³/mol. The molecule has 0 unspecified atom stereocenters. The van der Waals surface area contributed by atoms with Gasteiger partial charge in [-0.25, -0.2) is 0 Å². The molecular formula is C13H18N2O. The van der Waals surface area contributed by atoms with Crippen LogP contribution in [0.3, 0.4) is 0 Å². The standard InChI is InChI=1S/C13H18N2O/c1-3-9-14-12-7-5-11(6-8-12)13(16)15-10-4-2/h4-8,14H,2-3,9-10H2,1H3,(H,15,16). The van der Waals surface area contributed by atoms with Crippen molar-refractivity contribution < 1.29 is 4.79 Å². The summed E-state index contributed by atoms with van der Waals surface area (Å²) in [6, 6.07) is 7.46. The number of nitrogens with one attached hydrogen (secondary N) is 2. The lowest BCUT2D eigenvalue weighted by molar-refractivity contribution is 0.0958. The highest BCUT2D eigenvalue weighted by Gasteiger charge is 2.02. The van der Waals surface area contributed by atoms with E-state index in [1.807, 2.05) is 24.3 Å². The van der Waals surface area contributed by atoms with E-state index in [4.69, 9.17) is 0 Å². The van der Waals surface area contributed by atoms with Gasteiger partial charge in [-0.05, 0) is 30.7 Å². The zero-order valence-electron chi connectivity index (χ0n) is 9.62. The molecule has 3 heteroatoms. The smallest absolute Gasteiger partial charge is 0.251 e. The maximum absolute atomic E-state index is 11.5. The lowest BCUT2D eigenvalue weighted by Gasteiger charge is -2.06. The minimum absolute atomic E-state index is 0.0676. The third-order valence-corrected chi connectivity index (χ3v) is 2.13. The van der Waals surface area contributed by atoms with Crippen molar-refractivity contribution >= 4 is 11.6 Å². The first kappa shape index (κ1) is 12.3. The average molecular weight is 218 g/mol. The summed E-state index contributed by atoms with van der Waals surface area (Å²) in [6.45, 7) is 7.11. The van der Waals surface area contributed by atoms with Crippen LogP contribution in [-0.4, -0.2) is 19.0 Å². The van der Waals surface area contributed by atoms with Crippen LogP contribution >= 0.6 is 0 Å². The Kier molecular flexibility index (Phi) is 5.12. The number of carbonyl (C=O) groups is 1. The van der Waals surface area contributed by atoms with Crippen LogP contribution in [0.4, 0.5) is 5.69 Å². The van der Waals surface area contributed by atoms with Crippen LogP contribution in [0.1, 0.15) is 23.7 Å². The molecule has 1 rings (SSSR count). The lowest BCUT2D eigenvalue weighted by atomic mass is 10.2. The van der Waals surface area contributed by atoms with Crippen LogP contribution in [0, 0.1) is 0 Å². The van der Waals surface area contributed by atoms with Gasteiger partial charge in [-0.15, -0.1) is 6.58 Å². The first-order chi connectivity index (χ1) is 7.77. The van der Waals surface area contributed by atoms with Gasteiger partial charge in [0.2, 0.25) is 0 Å². The van der Waals surface area contributed by atoms with Gasteiger partial charge in [0.05, 0.1) is 0 Å². The molecule has 0 saturated carbocycles. The highest BCUT2D eigenvalue weighted by atomic mass is 16.1. The SMILES string of the molecule is C=CCNC(=O)c1ccc(NCCC)cc1. The van der Waals surface area contributed by atoms with Crippen molar-refractivity contribution in [1.29, 1.82) is 0 Å². The topological polar surface area (TPSA) is 41.1 Å². The summed E-state index contributed by atoms with van der Waals surface area (Å²) < 4.78 is 0. The summed E-state index contributed by atoms with van der Waals surface area (Å²) in [7, 11) is 0. The van der Waals surface area contributed by atoms with Gasteiger partial charge in [0.1, 0.15) is 0 Å². The second-order valence-corrected chi connectivity index (χ2v) is 3.50. The molecule has 0 saturated heterocycles. The first-order valence-electron chi connectivity index (χ1n) is 5.51. The second-order valence-electron chi connectivity index (χ2n) is 3.50. The molecule has 0 aliphatic rings. The van der Waals surface area contributed by atoms with Gasteiger partial charge in [-0.3, -0.25) is 4.79 Å². The van der Waals surface area contributed by atoms with Gasteiger partial charge < -0.3 is 10.6 Å². The molecule has 1 aromatic carbocycles. The Hall–Kier alpha value is -1.77. The van der Waals surface area contributed by atoms with Crippen molar-refractivity contribution in [2.75, 3.05) is 18.4 Å². The second kappa shape index (κ2) is 6.67. The van der Waals surface area contributed by atoms with Crippen LogP contribution in [0.2, 0.25) is 0 Å². The van der Waals surface area contributed by atoms with Crippen molar-refractivity contribution in [3.05, 3.63) is 42.5 Å². The molecule has 3 nitrogen and oxygen atoms in total. The molecule has 0 aromatic heterocycles. The zero-order valence-corrected chi connectivity index (χ0v) is 9.62. The Labute approximate surface area is 96.6 Å². The van der Waals surface area contributed by atoms with Crippen LogP contribution in [0.25, 0.3) is 0 Å². The number of hydrogen-bond acceptors (Lipinski definition) is 2. The molecule has 0 radical (unpaired) electrons. The molecule has 2 N–H and O–H groups in total. The maximum Gasteiger partial charge on any atom is 0.251 e. The highest BCUT2D eigenvalue weighted by molar-refractivity contribution is 5.94. The fraction of sp³-hybridized carbons (Fsp3) is 0.308. The van der Waals surface area contributed by atoms with Gasteiger partial charge in [-0.1, -0.05) is 13.0 Å². The summed E-state index contributed by atoms with van der Waals surface area (Å²) in [5.74, 6) is -0.0676. The van der Waals surface area contributed by atoms with Crippen molar-refractivity contribution in [1.82, 2.24) is 5.32 Å². The Morgan fingerprint density at radius 1 is 1.38 bits per heavy atom. The summed E-state index contributed by atoms with van der Waals surface area (Å²) in [5, 5.41) is 5.99. The normalized spacial score (nSPS) is 9.56. The summed E-state index contributed by atoms with van der Waals surface area (Å²) >= 11 is 0. The molecule has 0 bridgehead atoms. The summed E-state index contributed by atoms with van der Waals surface area (Å²) in [6.07, 6.45) is 2.75. The molecule has 0 fully saturated rings. The Bertz CT molecular complexity index is 343. The molecule has 86 valence electrons. The van der Waals surface area contributed by atoms with Gasteiger partial charge in [0.15, 0.2) is 0 Å². The number of amides is 1. The van der Waals surface area contributed by atoms with E-state index in [9.17, 15) is 4.79 Å². The van der Waals surface area contributed by atoms with E-state index in [2.05, 4.69) is 24.1 Å². The van der Waals surface area contributed by atoms with Crippen molar-refractivity contribution in [2.24, 2.45) is 0 Å². The van der Waals surface area contributed by atoms with Crippen molar-refractivity contribution in [2.45, 2.75) is 13.3 Å². The van der Waals surface area contributed by atoms with E-state index in [0.717, 1.165) is 18.7 Å². The molecule has 1 amide bonds. The molecule has 0 atom stereocenters. The van der Waals surface area contributed by atoms with Crippen LogP contribution in [-0.2, 0) is 0 Å². The zero-order chi connectivity index (χ0) is 11.8. The van der Waals surface area contributed by atoms with Crippen LogP contribution in [0.5, 0.6) is 0 Å². The molecule has 16 heavy (non-hydrogen) atoms. The molecule has 0 heterocycles. The Morgan fingerprint density at radius 3 is 2.62 bits per heavy atom. The van der Waals surface area contributed by atoms with Crippen molar-refractivity contribution in [3.8, 4) is 0 Å². The lowest BCUT2D eigenvalue weighted by Crippen LogP contribution is -2.23. The Balaban J connectivity index is 2.56. The largest absolute Gasteiger partial charge is 0.385 e. The highest BCUT2D eigenvalue weighted by Crippen LogP contribution is 2.09. The number of rotatable bonds is 6. The monoisotopic (exact) mass is 218 g/mol. The van der Waals surface area contributed by atoms with E-state index in [1.54, 1.807) is 6.08 Å². The Morgan fingerprint density at radius 2 is 2.06 bits per heavy atom. The fourth-order valence-electron chi connectivity index (χ4n) is 1.28. The summed E-state index contributed by atoms with van der Waals surface area (Å²) in [5.41, 5.74) is 1.71. The van der Waals surface area contributed by atoms with E-state index in [-0.39, 0.29) is 5.91 Å². The van der Waals surface area contributed by atoms with Gasteiger partial charge in [0, 0.05) is 24.3 Å².